The van der Waals surface area contributed by atoms with Crippen LogP contribution in [0.25, 0.3) is 0 Å². The van der Waals surface area contributed by atoms with E-state index < -0.39 is 6.04 Å². The summed E-state index contributed by atoms with van der Waals surface area (Å²) in [4.78, 5) is 27.5. The van der Waals surface area contributed by atoms with E-state index in [0.29, 0.717) is 24.8 Å². The van der Waals surface area contributed by atoms with Crippen LogP contribution in [0.2, 0.25) is 0 Å². The summed E-state index contributed by atoms with van der Waals surface area (Å²) in [7, 11) is 0. The predicted molar refractivity (Wildman–Crippen MR) is 131 cm³/mol. The summed E-state index contributed by atoms with van der Waals surface area (Å²) in [5, 5.41) is 2.97. The molecule has 0 aliphatic heterocycles. The van der Waals surface area contributed by atoms with Gasteiger partial charge in [0.1, 0.15) is 6.04 Å². The zero-order valence-electron chi connectivity index (χ0n) is 19.7. The van der Waals surface area contributed by atoms with Gasteiger partial charge in [0.05, 0.1) is 5.75 Å². The average molecular weight is 441 g/mol. The molecule has 2 aromatic carbocycles. The zero-order chi connectivity index (χ0) is 23.0. The molecule has 168 valence electrons. The standard InChI is InChI=1S/C26H36N2O2S/c1-18(2)14-27-26(30)22(6)28(15-23-9-7-19(3)8-10-23)25(29)17-31-16-24-12-20(4)11-21(5)13-24/h7-13,18,22H,14-17H2,1-6H3,(H,27,30)/t22-/m0/s1. The molecule has 5 heteroatoms. The van der Waals surface area contributed by atoms with Gasteiger partial charge in [0.25, 0.3) is 0 Å². The molecule has 2 amide bonds. The van der Waals surface area contributed by atoms with E-state index in [1.165, 1.54) is 22.3 Å². The molecule has 0 unspecified atom stereocenters. The topological polar surface area (TPSA) is 49.4 Å². The second-order valence-electron chi connectivity index (χ2n) is 8.81. The number of nitrogens with one attached hydrogen (secondary N) is 1. The summed E-state index contributed by atoms with van der Waals surface area (Å²) in [6.07, 6.45) is 0. The van der Waals surface area contributed by atoms with E-state index in [0.717, 1.165) is 11.3 Å². The number of amides is 2. The van der Waals surface area contributed by atoms with Crippen LogP contribution in [-0.2, 0) is 21.9 Å². The van der Waals surface area contributed by atoms with E-state index in [4.69, 9.17) is 0 Å². The summed E-state index contributed by atoms with van der Waals surface area (Å²) >= 11 is 1.60. The molecular weight excluding hydrogens is 404 g/mol. The summed E-state index contributed by atoms with van der Waals surface area (Å²) in [5.41, 5.74) is 5.90. The third-order valence-electron chi connectivity index (χ3n) is 5.10. The van der Waals surface area contributed by atoms with Gasteiger partial charge in [-0.05, 0) is 44.7 Å². The number of nitrogens with zero attached hydrogens (tertiary/aromatic N) is 1. The minimum absolute atomic E-state index is 0.0119. The third kappa shape index (κ3) is 8.41. The van der Waals surface area contributed by atoms with Gasteiger partial charge >= 0.3 is 0 Å². The van der Waals surface area contributed by atoms with E-state index in [9.17, 15) is 9.59 Å². The monoisotopic (exact) mass is 440 g/mol. The van der Waals surface area contributed by atoms with Crippen molar-refractivity contribution in [3.63, 3.8) is 0 Å². The highest BCUT2D eigenvalue weighted by Gasteiger charge is 2.26. The van der Waals surface area contributed by atoms with Crippen molar-refractivity contribution in [3.8, 4) is 0 Å². The van der Waals surface area contributed by atoms with Crippen molar-refractivity contribution in [2.45, 2.75) is 59.9 Å². The van der Waals surface area contributed by atoms with Crippen LogP contribution in [-0.4, -0.2) is 35.1 Å². The Morgan fingerprint density at radius 1 is 0.903 bits per heavy atom. The highest BCUT2D eigenvalue weighted by atomic mass is 32.2. The Morgan fingerprint density at radius 3 is 2.10 bits per heavy atom. The molecule has 0 heterocycles. The van der Waals surface area contributed by atoms with E-state index in [-0.39, 0.29) is 11.8 Å². The van der Waals surface area contributed by atoms with Crippen molar-refractivity contribution in [2.24, 2.45) is 5.92 Å². The van der Waals surface area contributed by atoms with Crippen LogP contribution in [0.1, 0.15) is 48.6 Å². The molecule has 31 heavy (non-hydrogen) atoms. The van der Waals surface area contributed by atoms with Crippen molar-refractivity contribution in [2.75, 3.05) is 12.3 Å². The molecule has 0 saturated carbocycles. The van der Waals surface area contributed by atoms with Crippen LogP contribution in [0, 0.1) is 26.7 Å². The van der Waals surface area contributed by atoms with Crippen molar-refractivity contribution in [3.05, 3.63) is 70.3 Å². The first-order valence-corrected chi connectivity index (χ1v) is 12.1. The fourth-order valence-corrected chi connectivity index (χ4v) is 4.26. The van der Waals surface area contributed by atoms with Gasteiger partial charge in [-0.1, -0.05) is 73.0 Å². The van der Waals surface area contributed by atoms with Crippen LogP contribution in [0.3, 0.4) is 0 Å². The smallest absolute Gasteiger partial charge is 0.242 e. The molecule has 0 bridgehead atoms. The lowest BCUT2D eigenvalue weighted by Crippen LogP contribution is -2.48. The Hall–Kier alpha value is -2.27. The van der Waals surface area contributed by atoms with Crippen LogP contribution in [0.4, 0.5) is 0 Å². The van der Waals surface area contributed by atoms with Crippen LogP contribution in [0.15, 0.2) is 42.5 Å². The van der Waals surface area contributed by atoms with Gasteiger partial charge in [0.15, 0.2) is 0 Å². The van der Waals surface area contributed by atoms with Crippen LogP contribution < -0.4 is 5.32 Å². The first kappa shape index (κ1) is 25.0. The Bertz CT molecular complexity index is 857. The summed E-state index contributed by atoms with van der Waals surface area (Å²) in [6, 6.07) is 14.1. The molecule has 0 aliphatic rings. The Labute approximate surface area is 191 Å². The van der Waals surface area contributed by atoms with Crippen molar-refractivity contribution in [1.82, 2.24) is 10.2 Å². The van der Waals surface area contributed by atoms with Crippen molar-refractivity contribution >= 4 is 23.6 Å². The van der Waals surface area contributed by atoms with Crippen molar-refractivity contribution in [1.29, 1.82) is 0 Å². The normalized spacial score (nSPS) is 12.0. The highest BCUT2D eigenvalue weighted by molar-refractivity contribution is 7.99. The molecule has 1 N–H and O–H groups in total. The van der Waals surface area contributed by atoms with Gasteiger partial charge in [0, 0.05) is 18.8 Å². The zero-order valence-corrected chi connectivity index (χ0v) is 20.5. The molecule has 4 nitrogen and oxygen atoms in total. The minimum Gasteiger partial charge on any atom is -0.354 e. The summed E-state index contributed by atoms with van der Waals surface area (Å²) in [6.45, 7) is 13.2. The predicted octanol–water partition coefficient (Wildman–Crippen LogP) is 5.03. The maximum absolute atomic E-state index is 13.1. The molecular formula is C26H36N2O2S. The molecule has 0 spiro atoms. The van der Waals surface area contributed by atoms with Crippen LogP contribution in [0.5, 0.6) is 0 Å². The maximum Gasteiger partial charge on any atom is 0.242 e. The Kier molecular flexibility index (Phi) is 9.63. The number of thioether (sulfide) groups is 1. The first-order valence-electron chi connectivity index (χ1n) is 10.9. The molecule has 0 fully saturated rings. The maximum atomic E-state index is 13.1. The lowest BCUT2D eigenvalue weighted by atomic mass is 10.1. The second-order valence-corrected chi connectivity index (χ2v) is 9.80. The molecule has 0 saturated heterocycles. The van der Waals surface area contributed by atoms with E-state index in [2.05, 4.69) is 51.2 Å². The molecule has 0 radical (unpaired) electrons. The first-order chi connectivity index (χ1) is 14.7. The fraction of sp³-hybridized carbons (Fsp3) is 0.462. The Morgan fingerprint density at radius 2 is 1.52 bits per heavy atom. The highest BCUT2D eigenvalue weighted by Crippen LogP contribution is 2.18. The number of rotatable bonds is 10. The van der Waals surface area contributed by atoms with Gasteiger partial charge in [-0.3, -0.25) is 9.59 Å². The molecule has 0 aromatic heterocycles. The van der Waals surface area contributed by atoms with Gasteiger partial charge in [-0.15, -0.1) is 11.8 Å². The Balaban J connectivity index is 2.06. The van der Waals surface area contributed by atoms with Gasteiger partial charge in [0.2, 0.25) is 11.8 Å². The quantitative estimate of drug-likeness (QED) is 0.563. The van der Waals surface area contributed by atoms with Gasteiger partial charge < -0.3 is 10.2 Å². The fourth-order valence-electron chi connectivity index (χ4n) is 3.42. The molecule has 2 rings (SSSR count). The third-order valence-corrected chi connectivity index (χ3v) is 6.09. The number of benzene rings is 2. The largest absolute Gasteiger partial charge is 0.354 e. The number of aryl methyl sites for hydroxylation is 3. The lowest BCUT2D eigenvalue weighted by Gasteiger charge is -2.29. The lowest BCUT2D eigenvalue weighted by molar-refractivity contribution is -0.138. The number of carbonyl (C=O) groups excluding carboxylic acids is 2. The molecule has 0 aliphatic carbocycles. The van der Waals surface area contributed by atoms with E-state index in [1.54, 1.807) is 16.7 Å². The molecule has 1 atom stereocenters. The summed E-state index contributed by atoms with van der Waals surface area (Å²) < 4.78 is 0. The summed E-state index contributed by atoms with van der Waals surface area (Å²) in [5.74, 6) is 1.38. The van der Waals surface area contributed by atoms with Gasteiger partial charge in [-0.25, -0.2) is 0 Å². The number of hydrogen-bond donors (Lipinski definition) is 1. The second kappa shape index (κ2) is 11.9. The SMILES string of the molecule is Cc1ccc(CN(C(=O)CSCc2cc(C)cc(C)c2)[C@@H](C)C(=O)NCC(C)C)cc1. The molecule has 2 aromatic rings. The number of hydrogen-bond acceptors (Lipinski definition) is 3. The van der Waals surface area contributed by atoms with Crippen LogP contribution >= 0.6 is 11.8 Å². The number of carbonyl (C=O) groups is 2. The van der Waals surface area contributed by atoms with E-state index >= 15 is 0 Å². The average Bonchev–Trinajstić information content (AvgIpc) is 2.70. The van der Waals surface area contributed by atoms with E-state index in [1.807, 2.05) is 38.1 Å². The van der Waals surface area contributed by atoms with Gasteiger partial charge in [-0.2, -0.15) is 0 Å². The van der Waals surface area contributed by atoms with Crippen molar-refractivity contribution < 1.29 is 9.59 Å². The minimum atomic E-state index is -0.519.